The Labute approximate surface area is 181 Å². The van der Waals surface area contributed by atoms with Crippen molar-refractivity contribution in [3.8, 4) is 0 Å². The summed E-state index contributed by atoms with van der Waals surface area (Å²) in [6, 6.07) is 8.45. The van der Waals surface area contributed by atoms with E-state index in [1.54, 1.807) is 11.8 Å². The van der Waals surface area contributed by atoms with Gasteiger partial charge in [0.05, 0.1) is 6.61 Å². The molecule has 1 aliphatic carbocycles. The van der Waals surface area contributed by atoms with Crippen molar-refractivity contribution in [3.63, 3.8) is 0 Å². The summed E-state index contributed by atoms with van der Waals surface area (Å²) in [7, 11) is -3.89. The van der Waals surface area contributed by atoms with Crippen molar-refractivity contribution in [3.05, 3.63) is 52.8 Å². The van der Waals surface area contributed by atoms with Crippen LogP contribution in [-0.2, 0) is 27.6 Å². The Kier molecular flexibility index (Phi) is 6.15. The quantitative estimate of drug-likeness (QED) is 0.655. The highest BCUT2D eigenvalue weighted by molar-refractivity contribution is 7.89. The summed E-state index contributed by atoms with van der Waals surface area (Å²) >= 11 is 0. The number of amides is 1. The Morgan fingerprint density at radius 2 is 1.71 bits per heavy atom. The number of fused-ring (bicyclic) bond motifs is 1. The van der Waals surface area contributed by atoms with Gasteiger partial charge < -0.3 is 14.1 Å². The molecular weight excluding hydrogens is 420 g/mol. The number of sulfonamides is 1. The molecule has 31 heavy (non-hydrogen) atoms. The van der Waals surface area contributed by atoms with Crippen LogP contribution >= 0.6 is 0 Å². The average molecular weight is 447 g/mol. The third kappa shape index (κ3) is 4.38. The fraction of sp³-hybridized carbons (Fsp3) is 0.455. The fourth-order valence-electron chi connectivity index (χ4n) is 4.08. The Bertz CT molecular complexity index is 1080. The maximum atomic E-state index is 12.9. The van der Waals surface area contributed by atoms with Crippen molar-refractivity contribution in [1.82, 2.24) is 9.21 Å². The van der Waals surface area contributed by atoms with Gasteiger partial charge in [0.15, 0.2) is 0 Å². The van der Waals surface area contributed by atoms with Gasteiger partial charge in [-0.3, -0.25) is 4.79 Å². The van der Waals surface area contributed by atoms with Crippen LogP contribution in [0.4, 0.5) is 0 Å². The standard InChI is InChI=1S/C22H26N2O6S/c1-2-29-22(26)19-9-10-20(30-19)31(27,28)24-13-11-23(12-14-24)21(25)18-8-7-16-5-3-4-6-17(16)15-18/h7-10,15H,2-6,11-14H2,1H3. The van der Waals surface area contributed by atoms with Gasteiger partial charge in [-0.25, -0.2) is 13.2 Å². The van der Waals surface area contributed by atoms with Crippen molar-refractivity contribution in [2.45, 2.75) is 37.7 Å². The molecule has 0 atom stereocenters. The van der Waals surface area contributed by atoms with Crippen molar-refractivity contribution >= 4 is 21.9 Å². The number of esters is 1. The fourth-order valence-corrected chi connectivity index (χ4v) is 5.41. The van der Waals surface area contributed by atoms with Gasteiger partial charge in [0.25, 0.3) is 15.9 Å². The number of hydrogen-bond acceptors (Lipinski definition) is 6. The lowest BCUT2D eigenvalue weighted by Crippen LogP contribution is -2.50. The lowest BCUT2D eigenvalue weighted by atomic mass is 9.90. The van der Waals surface area contributed by atoms with E-state index in [0.29, 0.717) is 18.7 Å². The van der Waals surface area contributed by atoms with E-state index in [-0.39, 0.29) is 36.5 Å². The van der Waals surface area contributed by atoms with E-state index >= 15 is 0 Å². The van der Waals surface area contributed by atoms with Gasteiger partial charge in [0.2, 0.25) is 10.9 Å². The second kappa shape index (κ2) is 8.84. The number of rotatable bonds is 5. The number of aryl methyl sites for hydroxylation is 2. The van der Waals surface area contributed by atoms with Gasteiger partial charge in [-0.15, -0.1) is 0 Å². The SMILES string of the molecule is CCOC(=O)c1ccc(S(=O)(=O)N2CCN(C(=O)c3ccc4c(c3)CCCC4)CC2)o1. The second-order valence-corrected chi connectivity index (χ2v) is 9.59. The monoisotopic (exact) mass is 446 g/mol. The molecule has 0 radical (unpaired) electrons. The molecule has 2 heterocycles. The van der Waals surface area contributed by atoms with Gasteiger partial charge in [-0.2, -0.15) is 4.31 Å². The number of carbonyl (C=O) groups excluding carboxylic acids is 2. The van der Waals surface area contributed by atoms with Gasteiger partial charge in [-0.1, -0.05) is 6.07 Å². The number of hydrogen-bond donors (Lipinski definition) is 0. The number of benzene rings is 1. The summed E-state index contributed by atoms with van der Waals surface area (Å²) in [6.45, 7) is 2.73. The minimum Gasteiger partial charge on any atom is -0.460 e. The zero-order chi connectivity index (χ0) is 22.0. The molecule has 0 saturated carbocycles. The van der Waals surface area contributed by atoms with Crippen LogP contribution in [0.2, 0.25) is 0 Å². The van der Waals surface area contributed by atoms with Crippen LogP contribution < -0.4 is 0 Å². The Hall–Kier alpha value is -2.65. The molecule has 166 valence electrons. The van der Waals surface area contributed by atoms with E-state index in [2.05, 4.69) is 0 Å². The summed E-state index contributed by atoms with van der Waals surface area (Å²) in [5.41, 5.74) is 3.22. The Morgan fingerprint density at radius 1 is 1.00 bits per heavy atom. The molecule has 1 aromatic heterocycles. The van der Waals surface area contributed by atoms with Crippen molar-refractivity contribution < 1.29 is 27.2 Å². The summed E-state index contributed by atoms with van der Waals surface area (Å²) < 4.78 is 37.1. The molecule has 1 aromatic carbocycles. The number of nitrogens with zero attached hydrogens (tertiary/aromatic N) is 2. The minimum atomic E-state index is -3.89. The van der Waals surface area contributed by atoms with Gasteiger partial charge in [0.1, 0.15) is 0 Å². The third-order valence-electron chi connectivity index (χ3n) is 5.77. The predicted molar refractivity (Wildman–Crippen MR) is 112 cm³/mol. The Morgan fingerprint density at radius 3 is 2.42 bits per heavy atom. The van der Waals surface area contributed by atoms with Crippen molar-refractivity contribution in [1.29, 1.82) is 0 Å². The highest BCUT2D eigenvalue weighted by Crippen LogP contribution is 2.24. The Balaban J connectivity index is 1.41. The van der Waals surface area contributed by atoms with Crippen molar-refractivity contribution in [2.24, 2.45) is 0 Å². The van der Waals surface area contributed by atoms with Crippen LogP contribution in [-0.4, -0.2) is 62.3 Å². The zero-order valence-corrected chi connectivity index (χ0v) is 18.3. The predicted octanol–water partition coefficient (Wildman–Crippen LogP) is 2.48. The largest absolute Gasteiger partial charge is 0.460 e. The molecule has 0 bridgehead atoms. The topological polar surface area (TPSA) is 97.1 Å². The van der Waals surface area contributed by atoms with Gasteiger partial charge in [0, 0.05) is 31.7 Å². The van der Waals surface area contributed by atoms with Gasteiger partial charge in [-0.05, 0) is 68.0 Å². The van der Waals surface area contributed by atoms with Crippen LogP contribution in [0.25, 0.3) is 0 Å². The van der Waals surface area contributed by atoms with E-state index in [9.17, 15) is 18.0 Å². The molecule has 1 fully saturated rings. The van der Waals surface area contributed by atoms with E-state index < -0.39 is 16.0 Å². The average Bonchev–Trinajstić information content (AvgIpc) is 3.30. The molecule has 2 aliphatic rings. The first kappa shape index (κ1) is 21.6. The molecule has 0 unspecified atom stereocenters. The summed E-state index contributed by atoms with van der Waals surface area (Å²) in [4.78, 5) is 26.4. The molecule has 2 aromatic rings. The van der Waals surface area contributed by atoms with Gasteiger partial charge >= 0.3 is 5.97 Å². The molecule has 1 amide bonds. The first-order valence-electron chi connectivity index (χ1n) is 10.6. The molecule has 4 rings (SSSR count). The first-order valence-corrected chi connectivity index (χ1v) is 12.0. The summed E-state index contributed by atoms with van der Waals surface area (Å²) in [6.07, 6.45) is 4.39. The molecular formula is C22H26N2O6S. The maximum absolute atomic E-state index is 12.9. The third-order valence-corrected chi connectivity index (χ3v) is 7.55. The van der Waals surface area contributed by atoms with Crippen LogP contribution in [0, 0.1) is 0 Å². The number of furan rings is 1. The molecule has 0 spiro atoms. The van der Waals surface area contributed by atoms with Crippen LogP contribution in [0.1, 0.15) is 51.8 Å². The van der Waals surface area contributed by atoms with E-state index in [0.717, 1.165) is 19.3 Å². The first-order chi connectivity index (χ1) is 14.9. The highest BCUT2D eigenvalue weighted by Gasteiger charge is 2.33. The molecule has 0 N–H and O–H groups in total. The second-order valence-electron chi connectivity index (χ2n) is 7.73. The number of ether oxygens (including phenoxy) is 1. The highest BCUT2D eigenvalue weighted by atomic mass is 32.2. The molecule has 8 nitrogen and oxygen atoms in total. The summed E-state index contributed by atoms with van der Waals surface area (Å²) in [5, 5.41) is -0.301. The van der Waals surface area contributed by atoms with E-state index in [1.807, 2.05) is 18.2 Å². The van der Waals surface area contributed by atoms with E-state index in [1.165, 1.54) is 34.0 Å². The lowest BCUT2D eigenvalue weighted by molar-refractivity contribution is 0.0483. The number of piperazine rings is 1. The normalized spacial score (nSPS) is 17.3. The minimum absolute atomic E-state index is 0.0759. The lowest BCUT2D eigenvalue weighted by Gasteiger charge is -2.33. The number of carbonyl (C=O) groups is 2. The molecule has 1 saturated heterocycles. The molecule has 1 aliphatic heterocycles. The molecule has 9 heteroatoms. The maximum Gasteiger partial charge on any atom is 0.374 e. The van der Waals surface area contributed by atoms with Crippen molar-refractivity contribution in [2.75, 3.05) is 32.8 Å². The van der Waals surface area contributed by atoms with E-state index in [4.69, 9.17) is 9.15 Å². The van der Waals surface area contributed by atoms with Crippen LogP contribution in [0.3, 0.4) is 0 Å². The van der Waals surface area contributed by atoms with Crippen LogP contribution in [0.5, 0.6) is 0 Å². The smallest absolute Gasteiger partial charge is 0.374 e. The zero-order valence-electron chi connectivity index (χ0n) is 17.5. The van der Waals surface area contributed by atoms with Crippen LogP contribution in [0.15, 0.2) is 39.8 Å². The summed E-state index contributed by atoms with van der Waals surface area (Å²) in [5.74, 6) is -0.931.